The number of guanidine groups is 1. The first-order chi connectivity index (χ1) is 12.7. The van der Waals surface area contributed by atoms with Crippen molar-refractivity contribution in [2.24, 2.45) is 10.4 Å². The minimum absolute atomic E-state index is 0. The van der Waals surface area contributed by atoms with Crippen molar-refractivity contribution in [3.05, 3.63) is 23.8 Å². The zero-order valence-electron chi connectivity index (χ0n) is 16.6. The zero-order valence-corrected chi connectivity index (χ0v) is 19.0. The third kappa shape index (κ3) is 5.40. The van der Waals surface area contributed by atoms with Gasteiger partial charge in [-0.2, -0.15) is 0 Å². The molecule has 2 heterocycles. The molecule has 0 aromatic heterocycles. The lowest BCUT2D eigenvalue weighted by Gasteiger charge is -2.25. The van der Waals surface area contributed by atoms with Crippen LogP contribution in [0.25, 0.3) is 0 Å². The van der Waals surface area contributed by atoms with E-state index in [9.17, 15) is 0 Å². The molecule has 0 radical (unpaired) electrons. The Kier molecular flexibility index (Phi) is 8.47. The van der Waals surface area contributed by atoms with E-state index < -0.39 is 0 Å². The second-order valence-electron chi connectivity index (χ2n) is 7.21. The summed E-state index contributed by atoms with van der Waals surface area (Å²) in [5, 5.41) is 3.49. The number of nitrogens with zero attached hydrogens (tertiary/aromatic N) is 2. The summed E-state index contributed by atoms with van der Waals surface area (Å²) in [7, 11) is 3.53. The summed E-state index contributed by atoms with van der Waals surface area (Å²) in [6.07, 6.45) is 3.33. The Labute approximate surface area is 179 Å². The molecule has 3 rings (SSSR count). The molecule has 2 aliphatic heterocycles. The first-order valence-electron chi connectivity index (χ1n) is 9.53. The minimum atomic E-state index is 0. The third-order valence-corrected chi connectivity index (χ3v) is 5.27. The second kappa shape index (κ2) is 10.4. The largest absolute Gasteiger partial charge is 0.493 e. The van der Waals surface area contributed by atoms with Gasteiger partial charge in [0.25, 0.3) is 0 Å². The summed E-state index contributed by atoms with van der Waals surface area (Å²) in [5.74, 6) is 2.53. The monoisotopic (exact) mass is 489 g/mol. The summed E-state index contributed by atoms with van der Waals surface area (Å²) < 4.78 is 16.8. The highest BCUT2D eigenvalue weighted by Gasteiger charge is 2.42. The number of likely N-dealkylation sites (tertiary alicyclic amines) is 1. The zero-order chi connectivity index (χ0) is 18.4. The van der Waals surface area contributed by atoms with Crippen molar-refractivity contribution in [1.82, 2.24) is 10.2 Å². The Bertz CT molecular complexity index is 633. The molecule has 2 fully saturated rings. The summed E-state index contributed by atoms with van der Waals surface area (Å²) in [6, 6.07) is 6.08. The van der Waals surface area contributed by atoms with E-state index in [1.54, 1.807) is 7.11 Å². The number of rotatable bonds is 6. The van der Waals surface area contributed by atoms with Crippen molar-refractivity contribution >= 4 is 29.9 Å². The third-order valence-electron chi connectivity index (χ3n) is 5.27. The molecule has 27 heavy (non-hydrogen) atoms. The van der Waals surface area contributed by atoms with Gasteiger partial charge in [0.2, 0.25) is 0 Å². The first-order valence-corrected chi connectivity index (χ1v) is 9.53. The van der Waals surface area contributed by atoms with E-state index in [1.807, 2.05) is 19.2 Å². The average Bonchev–Trinajstić information content (AvgIpc) is 3.31. The van der Waals surface area contributed by atoms with Crippen molar-refractivity contribution in [3.63, 3.8) is 0 Å². The number of hydrogen-bond donors (Lipinski definition) is 1. The van der Waals surface area contributed by atoms with Crippen LogP contribution in [0.5, 0.6) is 11.5 Å². The van der Waals surface area contributed by atoms with Gasteiger partial charge in [-0.05, 0) is 37.0 Å². The Morgan fingerprint density at radius 1 is 1.33 bits per heavy atom. The maximum atomic E-state index is 5.72. The van der Waals surface area contributed by atoms with Crippen LogP contribution in [0.15, 0.2) is 23.2 Å². The molecule has 6 nitrogen and oxygen atoms in total. The normalized spacial score (nSPS) is 22.0. The van der Waals surface area contributed by atoms with Crippen LogP contribution in [0.2, 0.25) is 0 Å². The molecular formula is C20H32IN3O3. The number of benzene rings is 1. The fourth-order valence-electron chi connectivity index (χ4n) is 3.75. The number of hydrogen-bond acceptors (Lipinski definition) is 4. The van der Waals surface area contributed by atoms with E-state index in [0.29, 0.717) is 18.6 Å². The second-order valence-corrected chi connectivity index (χ2v) is 7.21. The van der Waals surface area contributed by atoms with E-state index in [-0.39, 0.29) is 24.0 Å². The molecule has 0 bridgehead atoms. The number of halogens is 1. The Hall–Kier alpha value is -1.22. The average molecular weight is 489 g/mol. The van der Waals surface area contributed by atoms with Crippen LogP contribution in [0.1, 0.15) is 31.7 Å². The molecule has 1 aromatic carbocycles. The first kappa shape index (κ1) is 22.1. The Morgan fingerprint density at radius 3 is 2.85 bits per heavy atom. The number of aliphatic imine (C=N–C) groups is 1. The van der Waals surface area contributed by atoms with Gasteiger partial charge in [0, 0.05) is 38.7 Å². The molecule has 0 amide bonds. The van der Waals surface area contributed by atoms with Crippen LogP contribution in [0.3, 0.4) is 0 Å². The van der Waals surface area contributed by atoms with Crippen LogP contribution in [-0.2, 0) is 11.3 Å². The van der Waals surface area contributed by atoms with Crippen molar-refractivity contribution in [2.45, 2.75) is 32.7 Å². The van der Waals surface area contributed by atoms with Gasteiger partial charge < -0.3 is 24.4 Å². The fourth-order valence-corrected chi connectivity index (χ4v) is 3.75. The van der Waals surface area contributed by atoms with Crippen LogP contribution >= 0.6 is 24.0 Å². The Balaban J connectivity index is 0.00000261. The number of methoxy groups -OCH3 is 1. The standard InChI is InChI=1S/C20H31N3O3.HI/c1-4-10-26-17-6-5-16(12-18(17)24-3)13-22-19(21-2)23-9-7-20(14-23)8-11-25-15-20;/h5-6,12H,4,7-11,13-15H2,1-3H3,(H,21,22);1H. The molecular weight excluding hydrogens is 457 g/mol. The fraction of sp³-hybridized carbons (Fsp3) is 0.650. The summed E-state index contributed by atoms with van der Waals surface area (Å²) in [5.41, 5.74) is 1.48. The van der Waals surface area contributed by atoms with Gasteiger partial charge in [0.15, 0.2) is 17.5 Å². The molecule has 1 aromatic rings. The molecule has 0 aliphatic carbocycles. The summed E-state index contributed by atoms with van der Waals surface area (Å²) in [4.78, 5) is 6.83. The Morgan fingerprint density at radius 2 is 2.19 bits per heavy atom. The van der Waals surface area contributed by atoms with Gasteiger partial charge in [-0.25, -0.2) is 0 Å². The number of nitrogens with one attached hydrogen (secondary N) is 1. The van der Waals surface area contributed by atoms with Gasteiger partial charge in [0.1, 0.15) is 0 Å². The number of ether oxygens (including phenoxy) is 3. The highest BCUT2D eigenvalue weighted by molar-refractivity contribution is 14.0. The summed E-state index contributed by atoms with van der Waals surface area (Å²) >= 11 is 0. The molecule has 2 saturated heterocycles. The predicted octanol–water partition coefficient (Wildman–Crippen LogP) is 3.29. The molecule has 7 heteroatoms. The van der Waals surface area contributed by atoms with Gasteiger partial charge >= 0.3 is 0 Å². The maximum Gasteiger partial charge on any atom is 0.193 e. The lowest BCUT2D eigenvalue weighted by atomic mass is 9.87. The van der Waals surface area contributed by atoms with Crippen LogP contribution in [0.4, 0.5) is 0 Å². The predicted molar refractivity (Wildman–Crippen MR) is 118 cm³/mol. The van der Waals surface area contributed by atoms with Crippen LogP contribution < -0.4 is 14.8 Å². The van der Waals surface area contributed by atoms with Crippen LogP contribution in [0, 0.1) is 5.41 Å². The lowest BCUT2D eigenvalue weighted by molar-refractivity contribution is 0.156. The highest BCUT2D eigenvalue weighted by atomic mass is 127. The van der Waals surface area contributed by atoms with Crippen molar-refractivity contribution < 1.29 is 14.2 Å². The van der Waals surface area contributed by atoms with Crippen molar-refractivity contribution in [2.75, 3.05) is 47.1 Å². The van der Waals surface area contributed by atoms with Crippen molar-refractivity contribution in [3.8, 4) is 11.5 Å². The maximum absolute atomic E-state index is 5.72. The summed E-state index contributed by atoms with van der Waals surface area (Å²) in [6.45, 7) is 7.34. The molecule has 1 spiro atoms. The molecule has 1 atom stereocenters. The molecule has 2 aliphatic rings. The minimum Gasteiger partial charge on any atom is -0.493 e. The van der Waals surface area contributed by atoms with E-state index in [0.717, 1.165) is 62.2 Å². The van der Waals surface area contributed by atoms with Gasteiger partial charge in [-0.15, -0.1) is 24.0 Å². The van der Waals surface area contributed by atoms with Gasteiger partial charge in [-0.1, -0.05) is 13.0 Å². The molecule has 152 valence electrons. The smallest absolute Gasteiger partial charge is 0.193 e. The lowest BCUT2D eigenvalue weighted by Crippen LogP contribution is -2.41. The van der Waals surface area contributed by atoms with E-state index in [4.69, 9.17) is 14.2 Å². The highest BCUT2D eigenvalue weighted by Crippen LogP contribution is 2.38. The topological polar surface area (TPSA) is 55.3 Å². The van der Waals surface area contributed by atoms with E-state index >= 15 is 0 Å². The molecule has 1 unspecified atom stereocenters. The van der Waals surface area contributed by atoms with E-state index in [2.05, 4.69) is 28.2 Å². The molecule has 0 saturated carbocycles. The van der Waals surface area contributed by atoms with Crippen molar-refractivity contribution in [1.29, 1.82) is 0 Å². The SMILES string of the molecule is CCCOc1ccc(CNC(=NC)N2CCC3(CCOC3)C2)cc1OC.I. The van der Waals surface area contributed by atoms with Gasteiger partial charge in [-0.3, -0.25) is 4.99 Å². The van der Waals surface area contributed by atoms with E-state index in [1.165, 1.54) is 6.42 Å². The quantitative estimate of drug-likeness (QED) is 0.378. The van der Waals surface area contributed by atoms with Gasteiger partial charge in [0.05, 0.1) is 20.3 Å². The molecule has 1 N–H and O–H groups in total. The van der Waals surface area contributed by atoms with Crippen LogP contribution in [-0.4, -0.2) is 57.9 Å².